The lowest BCUT2D eigenvalue weighted by molar-refractivity contribution is -0.385. The molecule has 3 aromatic carbocycles. The lowest BCUT2D eigenvalue weighted by atomic mass is 9.99. The van der Waals surface area contributed by atoms with Crippen LogP contribution in [0.1, 0.15) is 21.5 Å². The number of hydrazone groups is 1. The van der Waals surface area contributed by atoms with Crippen LogP contribution in [0.4, 0.5) is 11.4 Å². The molecule has 3 aromatic rings. The van der Waals surface area contributed by atoms with E-state index in [2.05, 4.69) is 5.10 Å². The highest BCUT2D eigenvalue weighted by molar-refractivity contribution is 6.37. The summed E-state index contributed by atoms with van der Waals surface area (Å²) in [5, 5.41) is 36.1. The van der Waals surface area contributed by atoms with Crippen molar-refractivity contribution >= 4 is 35.0 Å². The van der Waals surface area contributed by atoms with Crippen LogP contribution in [0.2, 0.25) is 0 Å². The second-order valence-corrected chi connectivity index (χ2v) is 6.81. The number of anilines is 1. The first kappa shape index (κ1) is 20.5. The number of amides is 1. The summed E-state index contributed by atoms with van der Waals surface area (Å²) in [6.45, 7) is 0. The normalized spacial score (nSPS) is 14.5. The standard InChI is InChI=1S/C23H15N3O6/c27-21-16(7-4-8-19(21)26(31)32)13-18-20(14-5-2-1-3-6-14)24-25(22(18)28)17-11-9-15(10-12-17)23(29)30/h1-13,27H,(H,29,30)/b18-13-. The van der Waals surface area contributed by atoms with E-state index in [1.165, 1.54) is 42.5 Å². The van der Waals surface area contributed by atoms with Crippen LogP contribution in [-0.4, -0.2) is 32.7 Å². The molecule has 0 saturated carbocycles. The number of nitro groups is 1. The van der Waals surface area contributed by atoms with E-state index in [-0.39, 0.29) is 16.7 Å². The zero-order chi connectivity index (χ0) is 22.8. The number of para-hydroxylation sites is 1. The second kappa shape index (κ2) is 8.15. The van der Waals surface area contributed by atoms with Crippen molar-refractivity contribution in [2.24, 2.45) is 5.10 Å². The molecule has 0 aliphatic carbocycles. The summed E-state index contributed by atoms with van der Waals surface area (Å²) in [6.07, 6.45) is 1.35. The minimum atomic E-state index is -1.10. The molecule has 0 aromatic heterocycles. The SMILES string of the molecule is O=C(O)c1ccc(N2N=C(c3ccccc3)/C(=C/c3cccc([N+](=O)[O-])c3O)C2=O)cc1. The summed E-state index contributed by atoms with van der Waals surface area (Å²) in [5.74, 6) is -2.19. The fraction of sp³-hybridized carbons (Fsp3) is 0. The molecule has 0 saturated heterocycles. The molecule has 0 bridgehead atoms. The number of rotatable bonds is 5. The summed E-state index contributed by atoms with van der Waals surface area (Å²) in [6, 6.07) is 18.5. The Morgan fingerprint density at radius 2 is 1.69 bits per heavy atom. The van der Waals surface area contributed by atoms with Crippen molar-refractivity contribution in [2.45, 2.75) is 0 Å². The molecule has 4 rings (SSSR count). The molecule has 0 spiro atoms. The van der Waals surface area contributed by atoms with Gasteiger partial charge in [-0.15, -0.1) is 0 Å². The van der Waals surface area contributed by atoms with Crippen LogP contribution in [0.25, 0.3) is 6.08 Å². The molecule has 1 amide bonds. The fourth-order valence-corrected chi connectivity index (χ4v) is 3.24. The highest BCUT2D eigenvalue weighted by Crippen LogP contribution is 2.33. The van der Waals surface area contributed by atoms with Gasteiger partial charge >= 0.3 is 11.7 Å². The Morgan fingerprint density at radius 1 is 1.00 bits per heavy atom. The fourth-order valence-electron chi connectivity index (χ4n) is 3.24. The summed E-state index contributed by atoms with van der Waals surface area (Å²) in [4.78, 5) is 34.8. The van der Waals surface area contributed by atoms with Crippen molar-refractivity contribution in [3.05, 3.63) is 105 Å². The van der Waals surface area contributed by atoms with E-state index in [4.69, 9.17) is 5.11 Å². The molecule has 1 heterocycles. The van der Waals surface area contributed by atoms with Gasteiger partial charge in [-0.1, -0.05) is 42.5 Å². The molecule has 9 nitrogen and oxygen atoms in total. The molecule has 1 aliphatic heterocycles. The number of phenols is 1. The van der Waals surface area contributed by atoms with E-state index >= 15 is 0 Å². The zero-order valence-corrected chi connectivity index (χ0v) is 16.4. The van der Waals surface area contributed by atoms with Crippen molar-refractivity contribution in [3.63, 3.8) is 0 Å². The highest BCUT2D eigenvalue weighted by atomic mass is 16.6. The van der Waals surface area contributed by atoms with Crippen molar-refractivity contribution in [2.75, 3.05) is 5.01 Å². The Kier molecular flexibility index (Phi) is 5.22. The molecule has 9 heteroatoms. The van der Waals surface area contributed by atoms with Gasteiger partial charge in [-0.25, -0.2) is 4.79 Å². The van der Waals surface area contributed by atoms with Crippen LogP contribution in [-0.2, 0) is 4.79 Å². The smallest absolute Gasteiger partial charge is 0.335 e. The zero-order valence-electron chi connectivity index (χ0n) is 16.4. The van der Waals surface area contributed by atoms with Gasteiger partial charge in [-0.3, -0.25) is 14.9 Å². The van der Waals surface area contributed by atoms with E-state index in [9.17, 15) is 24.8 Å². The number of nitro benzene ring substituents is 1. The topological polar surface area (TPSA) is 133 Å². The number of carboxylic acids is 1. The summed E-state index contributed by atoms with van der Waals surface area (Å²) in [5.41, 5.74) is 1.07. The van der Waals surface area contributed by atoms with Crippen molar-refractivity contribution in [3.8, 4) is 5.75 Å². The Hall–Kier alpha value is -4.79. The van der Waals surface area contributed by atoms with Gasteiger partial charge in [0.1, 0.15) is 5.71 Å². The number of carboxylic acid groups (broad SMARTS) is 1. The molecule has 158 valence electrons. The van der Waals surface area contributed by atoms with Crippen LogP contribution in [0.3, 0.4) is 0 Å². The number of carbonyl (C=O) groups is 2. The van der Waals surface area contributed by atoms with E-state index in [0.717, 1.165) is 11.1 Å². The first-order valence-electron chi connectivity index (χ1n) is 9.37. The van der Waals surface area contributed by atoms with E-state index in [1.54, 1.807) is 30.3 Å². The minimum absolute atomic E-state index is 0.0601. The van der Waals surface area contributed by atoms with E-state index < -0.39 is 28.2 Å². The van der Waals surface area contributed by atoms with Gasteiger partial charge in [0.25, 0.3) is 5.91 Å². The van der Waals surface area contributed by atoms with Gasteiger partial charge in [0.15, 0.2) is 0 Å². The minimum Gasteiger partial charge on any atom is -0.502 e. The third-order valence-electron chi connectivity index (χ3n) is 4.83. The predicted molar refractivity (Wildman–Crippen MR) is 117 cm³/mol. The quantitative estimate of drug-likeness (QED) is 0.360. The van der Waals surface area contributed by atoms with Gasteiger partial charge in [-0.2, -0.15) is 10.1 Å². The van der Waals surface area contributed by atoms with Crippen molar-refractivity contribution in [1.82, 2.24) is 0 Å². The Morgan fingerprint density at radius 3 is 2.31 bits per heavy atom. The van der Waals surface area contributed by atoms with E-state index in [1.807, 2.05) is 0 Å². The van der Waals surface area contributed by atoms with Crippen LogP contribution in [0.5, 0.6) is 5.75 Å². The van der Waals surface area contributed by atoms with Gasteiger partial charge in [0, 0.05) is 17.2 Å². The maximum Gasteiger partial charge on any atom is 0.335 e. The van der Waals surface area contributed by atoms with Crippen LogP contribution < -0.4 is 5.01 Å². The third kappa shape index (κ3) is 3.70. The number of benzene rings is 3. The third-order valence-corrected chi connectivity index (χ3v) is 4.83. The number of aromatic carboxylic acids is 1. The number of carbonyl (C=O) groups excluding carboxylic acids is 1. The number of hydrogen-bond donors (Lipinski definition) is 2. The van der Waals surface area contributed by atoms with Crippen molar-refractivity contribution < 1.29 is 24.7 Å². The maximum absolute atomic E-state index is 13.3. The summed E-state index contributed by atoms with van der Waals surface area (Å²) in [7, 11) is 0. The number of nitrogens with zero attached hydrogens (tertiary/aromatic N) is 3. The summed E-state index contributed by atoms with van der Waals surface area (Å²) < 4.78 is 0. The van der Waals surface area contributed by atoms with E-state index in [0.29, 0.717) is 17.0 Å². The van der Waals surface area contributed by atoms with Gasteiger partial charge < -0.3 is 10.2 Å². The molecule has 2 N–H and O–H groups in total. The lowest BCUT2D eigenvalue weighted by Gasteiger charge is -2.11. The number of phenolic OH excluding ortho intramolecular Hbond substituents is 1. The van der Waals surface area contributed by atoms with Crippen LogP contribution in [0, 0.1) is 10.1 Å². The molecule has 1 aliphatic rings. The molecule has 0 fully saturated rings. The Balaban J connectivity index is 1.83. The largest absolute Gasteiger partial charge is 0.502 e. The Bertz CT molecular complexity index is 1300. The van der Waals surface area contributed by atoms with Gasteiger partial charge in [0.05, 0.1) is 21.7 Å². The van der Waals surface area contributed by atoms with Gasteiger partial charge in [0.2, 0.25) is 5.75 Å². The first-order chi connectivity index (χ1) is 15.4. The molecular formula is C23H15N3O6. The molecular weight excluding hydrogens is 414 g/mol. The van der Waals surface area contributed by atoms with Crippen LogP contribution in [0.15, 0.2) is 83.5 Å². The molecule has 0 unspecified atom stereocenters. The number of hydrogen-bond acceptors (Lipinski definition) is 6. The average molecular weight is 429 g/mol. The maximum atomic E-state index is 13.3. The predicted octanol–water partition coefficient (Wildman–Crippen LogP) is 3.83. The monoisotopic (exact) mass is 429 g/mol. The molecule has 0 atom stereocenters. The molecule has 0 radical (unpaired) electrons. The van der Waals surface area contributed by atoms with Gasteiger partial charge in [-0.05, 0) is 30.3 Å². The lowest BCUT2D eigenvalue weighted by Crippen LogP contribution is -2.21. The Labute approximate surface area is 181 Å². The second-order valence-electron chi connectivity index (χ2n) is 6.81. The highest BCUT2D eigenvalue weighted by Gasteiger charge is 2.32. The number of aromatic hydroxyl groups is 1. The van der Waals surface area contributed by atoms with Crippen molar-refractivity contribution in [1.29, 1.82) is 0 Å². The first-order valence-corrected chi connectivity index (χ1v) is 9.37. The average Bonchev–Trinajstić information content (AvgIpc) is 3.11. The summed E-state index contributed by atoms with van der Waals surface area (Å²) >= 11 is 0. The molecule has 32 heavy (non-hydrogen) atoms. The van der Waals surface area contributed by atoms with Crippen LogP contribution >= 0.6 is 0 Å².